The fraction of sp³-hybridized carbons (Fsp3) is 0.280. The van der Waals surface area contributed by atoms with Crippen molar-refractivity contribution in [3.8, 4) is 17.2 Å². The molecule has 2 heterocycles. The Bertz CT molecular complexity index is 1260. The van der Waals surface area contributed by atoms with Crippen LogP contribution >= 0.6 is 23.4 Å². The van der Waals surface area contributed by atoms with E-state index in [0.717, 1.165) is 16.7 Å². The van der Waals surface area contributed by atoms with Gasteiger partial charge in [0.25, 0.3) is 11.1 Å². The number of amides is 3. The average Bonchev–Trinajstić information content (AvgIpc) is 3.17. The lowest BCUT2D eigenvalue weighted by molar-refractivity contribution is -0.139. The van der Waals surface area contributed by atoms with E-state index in [9.17, 15) is 19.2 Å². The number of ether oxygens (including phenoxy) is 4. The third-order valence-electron chi connectivity index (χ3n) is 5.60. The van der Waals surface area contributed by atoms with Crippen LogP contribution in [-0.4, -0.2) is 79.9 Å². The number of hydrogen-bond donors (Lipinski definition) is 0. The number of morpholine rings is 1. The van der Waals surface area contributed by atoms with Crippen molar-refractivity contribution in [3.63, 3.8) is 0 Å². The van der Waals surface area contributed by atoms with E-state index in [-0.39, 0.29) is 39.4 Å². The van der Waals surface area contributed by atoms with E-state index in [4.69, 9.17) is 30.5 Å². The lowest BCUT2D eigenvalue weighted by Gasteiger charge is -2.28. The number of hydrogen-bond acceptors (Lipinski definition) is 9. The number of thioether (sulfide) groups is 1. The number of benzene rings is 2. The highest BCUT2D eigenvalue weighted by molar-refractivity contribution is 8.18. The van der Waals surface area contributed by atoms with Crippen molar-refractivity contribution in [1.82, 2.24) is 9.80 Å². The summed E-state index contributed by atoms with van der Waals surface area (Å²) in [5.74, 6) is -0.803. The van der Waals surface area contributed by atoms with E-state index < -0.39 is 17.1 Å². The van der Waals surface area contributed by atoms with E-state index in [2.05, 4.69) is 0 Å². The molecule has 10 nitrogen and oxygen atoms in total. The van der Waals surface area contributed by atoms with Crippen molar-refractivity contribution in [2.24, 2.45) is 0 Å². The Labute approximate surface area is 222 Å². The minimum Gasteiger partial charge on any atom is -0.497 e. The number of imide groups is 1. The van der Waals surface area contributed by atoms with Crippen molar-refractivity contribution >= 4 is 52.5 Å². The van der Waals surface area contributed by atoms with Gasteiger partial charge in [-0.2, -0.15) is 0 Å². The van der Waals surface area contributed by atoms with Crippen LogP contribution in [0.25, 0.3) is 6.08 Å². The molecule has 0 radical (unpaired) electrons. The van der Waals surface area contributed by atoms with Gasteiger partial charge in [-0.25, -0.2) is 4.79 Å². The molecule has 2 saturated heterocycles. The molecule has 0 aliphatic carbocycles. The van der Waals surface area contributed by atoms with Gasteiger partial charge in [0, 0.05) is 13.1 Å². The Kier molecular flexibility index (Phi) is 8.37. The molecule has 3 amide bonds. The van der Waals surface area contributed by atoms with Crippen LogP contribution in [0.15, 0.2) is 41.3 Å². The van der Waals surface area contributed by atoms with E-state index in [1.54, 1.807) is 29.2 Å². The number of methoxy groups -OCH3 is 2. The van der Waals surface area contributed by atoms with Crippen molar-refractivity contribution in [2.75, 3.05) is 47.1 Å². The first-order valence-corrected chi connectivity index (χ1v) is 12.3. The van der Waals surface area contributed by atoms with Crippen LogP contribution in [0.1, 0.15) is 15.9 Å². The first-order valence-electron chi connectivity index (χ1n) is 11.2. The lowest BCUT2D eigenvalue weighted by atomic mass is 10.1. The van der Waals surface area contributed by atoms with Gasteiger partial charge in [-0.05, 0) is 59.8 Å². The van der Waals surface area contributed by atoms with Gasteiger partial charge >= 0.3 is 5.97 Å². The summed E-state index contributed by atoms with van der Waals surface area (Å²) in [4.78, 5) is 53.0. The third-order valence-corrected chi connectivity index (χ3v) is 6.79. The molecule has 0 spiro atoms. The molecule has 2 aromatic carbocycles. The average molecular weight is 547 g/mol. The van der Waals surface area contributed by atoms with Crippen LogP contribution in [0.5, 0.6) is 17.2 Å². The minimum atomic E-state index is -0.651. The molecule has 0 unspecified atom stereocenters. The van der Waals surface area contributed by atoms with Gasteiger partial charge < -0.3 is 23.8 Å². The predicted octanol–water partition coefficient (Wildman–Crippen LogP) is 3.47. The molecule has 2 aliphatic heterocycles. The third kappa shape index (κ3) is 6.07. The Morgan fingerprint density at radius 2 is 1.78 bits per heavy atom. The zero-order valence-electron chi connectivity index (χ0n) is 20.0. The van der Waals surface area contributed by atoms with Gasteiger partial charge in [-0.1, -0.05) is 11.6 Å². The van der Waals surface area contributed by atoms with E-state index in [1.807, 2.05) is 0 Å². The van der Waals surface area contributed by atoms with Crippen molar-refractivity contribution in [1.29, 1.82) is 0 Å². The van der Waals surface area contributed by atoms with Crippen LogP contribution in [0.4, 0.5) is 4.79 Å². The molecular weight excluding hydrogens is 524 g/mol. The second kappa shape index (κ2) is 11.7. The number of halogens is 1. The fourth-order valence-corrected chi connectivity index (χ4v) is 4.73. The van der Waals surface area contributed by atoms with E-state index in [0.29, 0.717) is 37.6 Å². The van der Waals surface area contributed by atoms with Crippen LogP contribution in [0, 0.1) is 0 Å². The summed E-state index contributed by atoms with van der Waals surface area (Å²) in [7, 11) is 2.90. The largest absolute Gasteiger partial charge is 0.497 e. The van der Waals surface area contributed by atoms with Gasteiger partial charge in [0.05, 0.1) is 42.9 Å². The number of esters is 1. The highest BCUT2D eigenvalue weighted by atomic mass is 35.5. The smallest absolute Gasteiger partial charge is 0.343 e. The first kappa shape index (κ1) is 26.5. The quantitative estimate of drug-likeness (QED) is 0.293. The minimum absolute atomic E-state index is 0.00588. The Morgan fingerprint density at radius 3 is 2.43 bits per heavy atom. The van der Waals surface area contributed by atoms with Crippen molar-refractivity contribution in [2.45, 2.75) is 0 Å². The predicted molar refractivity (Wildman–Crippen MR) is 136 cm³/mol. The summed E-state index contributed by atoms with van der Waals surface area (Å²) in [6.45, 7) is 1.33. The standard InChI is InChI=1S/C25H23ClN2O8S/c1-33-17-5-3-16(4-6-17)24(31)36-22-18(26)11-15(12-19(22)34-2)13-20-23(30)28(25(32)37-20)14-21(29)27-7-9-35-10-8-27/h3-6,11-13H,7-10,14H2,1-2H3/b20-13-. The second-order valence-electron chi connectivity index (χ2n) is 7.91. The number of nitrogens with zero attached hydrogens (tertiary/aromatic N) is 2. The van der Waals surface area contributed by atoms with E-state index in [1.165, 1.54) is 32.4 Å². The SMILES string of the molecule is COc1ccc(C(=O)Oc2c(Cl)cc(/C=C3\SC(=O)N(CC(=O)N4CCOCC4)C3=O)cc2OC)cc1. The summed E-state index contributed by atoms with van der Waals surface area (Å²) in [6.07, 6.45) is 1.47. The molecule has 2 fully saturated rings. The zero-order chi connectivity index (χ0) is 26.5. The summed E-state index contributed by atoms with van der Waals surface area (Å²) in [5, 5.41) is -0.477. The summed E-state index contributed by atoms with van der Waals surface area (Å²) >= 11 is 7.11. The zero-order valence-corrected chi connectivity index (χ0v) is 21.6. The summed E-state index contributed by atoms with van der Waals surface area (Å²) in [5.41, 5.74) is 0.722. The molecule has 0 N–H and O–H groups in total. The maximum absolute atomic E-state index is 12.9. The first-order chi connectivity index (χ1) is 17.8. The molecule has 0 saturated carbocycles. The van der Waals surface area contributed by atoms with Gasteiger partial charge in [0.2, 0.25) is 5.91 Å². The van der Waals surface area contributed by atoms with E-state index >= 15 is 0 Å². The summed E-state index contributed by atoms with van der Waals surface area (Å²) < 4.78 is 21.1. The number of carbonyl (C=O) groups is 4. The Balaban J connectivity index is 1.50. The maximum Gasteiger partial charge on any atom is 0.343 e. The Morgan fingerprint density at radius 1 is 1.08 bits per heavy atom. The molecular formula is C25H23ClN2O8S. The van der Waals surface area contributed by atoms with Crippen LogP contribution in [0.3, 0.4) is 0 Å². The van der Waals surface area contributed by atoms with Gasteiger partial charge in [0.1, 0.15) is 12.3 Å². The monoisotopic (exact) mass is 546 g/mol. The highest BCUT2D eigenvalue weighted by Crippen LogP contribution is 2.39. The molecule has 0 aromatic heterocycles. The lowest BCUT2D eigenvalue weighted by Crippen LogP contribution is -2.46. The van der Waals surface area contributed by atoms with Gasteiger partial charge in [-0.3, -0.25) is 19.3 Å². The molecule has 0 bridgehead atoms. The molecule has 2 aromatic rings. The number of carbonyl (C=O) groups excluding carboxylic acids is 4. The van der Waals surface area contributed by atoms with Crippen molar-refractivity contribution < 1.29 is 38.1 Å². The molecule has 194 valence electrons. The van der Waals surface area contributed by atoms with Crippen molar-refractivity contribution in [3.05, 3.63) is 57.5 Å². The highest BCUT2D eigenvalue weighted by Gasteiger charge is 2.37. The van der Waals surface area contributed by atoms with Crippen LogP contribution < -0.4 is 14.2 Å². The maximum atomic E-state index is 12.9. The second-order valence-corrected chi connectivity index (χ2v) is 9.31. The Hall–Kier alpha value is -3.54. The topological polar surface area (TPSA) is 112 Å². The molecule has 12 heteroatoms. The molecule has 0 atom stereocenters. The van der Waals surface area contributed by atoms with Crippen LogP contribution in [0.2, 0.25) is 5.02 Å². The van der Waals surface area contributed by atoms with Gasteiger partial charge in [0.15, 0.2) is 11.5 Å². The summed E-state index contributed by atoms with van der Waals surface area (Å²) in [6, 6.07) is 9.36. The normalized spacial score (nSPS) is 16.8. The molecule has 2 aliphatic rings. The van der Waals surface area contributed by atoms with Gasteiger partial charge in [-0.15, -0.1) is 0 Å². The molecule has 4 rings (SSSR count). The molecule has 37 heavy (non-hydrogen) atoms. The fourth-order valence-electron chi connectivity index (χ4n) is 3.64. The van der Waals surface area contributed by atoms with Crippen LogP contribution in [-0.2, 0) is 14.3 Å². The number of rotatable bonds is 7.